The number of pyridine rings is 1. The molecule has 0 radical (unpaired) electrons. The molecule has 0 spiro atoms. The summed E-state index contributed by atoms with van der Waals surface area (Å²) < 4.78 is 38.8. The number of rotatable bonds is 14. The first kappa shape index (κ1) is 41.6. The van der Waals surface area contributed by atoms with E-state index in [9.17, 15) is 37.5 Å². The molecular weight excluding hydrogens is 757 g/mol. The van der Waals surface area contributed by atoms with Gasteiger partial charge in [-0.2, -0.15) is 0 Å². The van der Waals surface area contributed by atoms with Crippen molar-refractivity contribution in [2.24, 2.45) is 11.7 Å². The van der Waals surface area contributed by atoms with E-state index in [1.54, 1.807) is 12.1 Å². The summed E-state index contributed by atoms with van der Waals surface area (Å²) in [7, 11) is -3.85. The molecule has 3 heterocycles. The fourth-order valence-electron chi connectivity index (χ4n) is 7.39. The van der Waals surface area contributed by atoms with Crippen molar-refractivity contribution in [1.82, 2.24) is 25.2 Å². The van der Waals surface area contributed by atoms with Crippen molar-refractivity contribution in [1.29, 1.82) is 0 Å². The van der Waals surface area contributed by atoms with Crippen molar-refractivity contribution in [3.63, 3.8) is 0 Å². The first-order valence-corrected chi connectivity index (χ1v) is 21.4. The number of allylic oxidation sites excluding steroid dienone is 1. The largest absolute Gasteiger partial charge is 0.494 e. The molecule has 6 rings (SSSR count). The van der Waals surface area contributed by atoms with Gasteiger partial charge in [-0.3, -0.25) is 19.1 Å². The van der Waals surface area contributed by atoms with Crippen molar-refractivity contribution >= 4 is 39.8 Å². The first-order valence-electron chi connectivity index (χ1n) is 19.8. The van der Waals surface area contributed by atoms with Gasteiger partial charge in [0, 0.05) is 24.1 Å². The lowest BCUT2D eigenvalue weighted by Crippen LogP contribution is -2.58. The SMILES string of the molecule is N[C@@H]1C[C@H]2C(=O)N[C@]3(C(=O)NS(=O)(=O)C4CC4)C[C@H]3C=CCCCCC[C@H](NC(=O)OCCCCCCOc3cccc(-c4cccc(C(=O)O)n4)c3)C(=O)N2C1. The fraction of sp³-hybridized carbons (Fsp3) is 0.550. The van der Waals surface area contributed by atoms with Crippen LogP contribution in [0, 0.1) is 5.92 Å². The number of alkyl carbamates (subject to hydrolysis) is 1. The predicted octanol–water partition coefficient (Wildman–Crippen LogP) is 3.41. The van der Waals surface area contributed by atoms with Gasteiger partial charge in [0.2, 0.25) is 21.8 Å². The number of carboxylic acids is 1. The Morgan fingerprint density at radius 2 is 1.77 bits per heavy atom. The van der Waals surface area contributed by atoms with Crippen LogP contribution in [0.3, 0.4) is 0 Å². The average Bonchev–Trinajstić information content (AvgIpc) is 4.12. The summed E-state index contributed by atoms with van der Waals surface area (Å²) in [6, 6.07) is 9.64. The molecular formula is C40H52N6O10S. The summed E-state index contributed by atoms with van der Waals surface area (Å²) in [6.45, 7) is 0.686. The zero-order valence-electron chi connectivity index (χ0n) is 31.9. The van der Waals surface area contributed by atoms with Crippen LogP contribution in [0.15, 0.2) is 54.6 Å². The number of nitrogens with zero attached hydrogens (tertiary/aromatic N) is 2. The standard InChI is InChI=1S/C40H52N6O10S/c41-28-23-34-35(47)44-40(38(51)45-57(53,54)30-18-19-30)24-27(40)13-6-2-1-3-7-15-32(36(48)46(34)25-28)43-39(52)56-21-9-5-4-8-20-55-29-14-10-12-26(22-29)31-16-11-17-33(42-31)37(49)50/h6,10-14,16-17,22,27-28,30,32,34H,1-5,7-9,15,18-21,23-25,41H2,(H,43,52)(H,44,47)(H,45,51)(H,49,50)/t27-,28-,32+,34+,40-/m1/s1. The second kappa shape index (κ2) is 18.5. The zero-order valence-corrected chi connectivity index (χ0v) is 32.7. The minimum absolute atomic E-state index is 0.0353. The van der Waals surface area contributed by atoms with Crippen molar-refractivity contribution in [3.05, 3.63) is 60.3 Å². The minimum atomic E-state index is -3.85. The number of carbonyl (C=O) groups excluding carboxylic acids is 4. The number of aromatic carboxylic acids is 1. The number of fused-ring (bicyclic) bond motifs is 2. The highest BCUT2D eigenvalue weighted by molar-refractivity contribution is 7.91. The van der Waals surface area contributed by atoms with E-state index in [0.717, 1.165) is 37.7 Å². The van der Waals surface area contributed by atoms with Crippen LogP contribution >= 0.6 is 0 Å². The number of amides is 4. The lowest BCUT2D eigenvalue weighted by molar-refractivity contribution is -0.141. The van der Waals surface area contributed by atoms with E-state index in [-0.39, 0.29) is 31.7 Å². The van der Waals surface area contributed by atoms with Gasteiger partial charge in [-0.1, -0.05) is 43.2 Å². The lowest BCUT2D eigenvalue weighted by Gasteiger charge is -2.30. The van der Waals surface area contributed by atoms with Gasteiger partial charge in [-0.05, 0) is 94.9 Å². The molecule has 1 aromatic heterocycles. The molecule has 17 heteroatoms. The highest BCUT2D eigenvalue weighted by Crippen LogP contribution is 2.46. The maximum Gasteiger partial charge on any atom is 0.407 e. The Hall–Kier alpha value is -5.03. The minimum Gasteiger partial charge on any atom is -0.494 e. The van der Waals surface area contributed by atoms with Crippen molar-refractivity contribution < 1.29 is 47.0 Å². The highest BCUT2D eigenvalue weighted by Gasteiger charge is 2.62. The predicted molar refractivity (Wildman–Crippen MR) is 208 cm³/mol. The molecule has 2 aliphatic heterocycles. The maximum absolute atomic E-state index is 14.0. The topological polar surface area (TPSA) is 236 Å². The molecule has 2 saturated carbocycles. The van der Waals surface area contributed by atoms with Crippen LogP contribution in [0.1, 0.15) is 94.0 Å². The number of benzene rings is 1. The number of hydrogen-bond donors (Lipinski definition) is 5. The fourth-order valence-corrected chi connectivity index (χ4v) is 8.75. The lowest BCUT2D eigenvalue weighted by atomic mass is 10.0. The number of carbonyl (C=O) groups is 5. The monoisotopic (exact) mass is 808 g/mol. The Balaban J connectivity index is 0.969. The molecule has 4 amide bonds. The van der Waals surface area contributed by atoms with E-state index in [1.807, 2.05) is 36.4 Å². The Morgan fingerprint density at radius 1 is 1.00 bits per heavy atom. The van der Waals surface area contributed by atoms with E-state index in [4.69, 9.17) is 15.2 Å². The summed E-state index contributed by atoms with van der Waals surface area (Å²) in [5.74, 6) is -2.69. The summed E-state index contributed by atoms with van der Waals surface area (Å²) in [6.07, 6.45) is 10.6. The van der Waals surface area contributed by atoms with Crippen molar-refractivity contribution in [3.8, 4) is 17.0 Å². The van der Waals surface area contributed by atoms with Gasteiger partial charge >= 0.3 is 12.1 Å². The van der Waals surface area contributed by atoms with E-state index >= 15 is 0 Å². The first-order chi connectivity index (χ1) is 27.4. The third-order valence-corrected chi connectivity index (χ3v) is 12.7. The highest BCUT2D eigenvalue weighted by atomic mass is 32.2. The van der Waals surface area contributed by atoms with Crippen LogP contribution in [0.2, 0.25) is 0 Å². The number of unbranched alkanes of at least 4 members (excludes halogenated alkanes) is 3. The Morgan fingerprint density at radius 3 is 2.54 bits per heavy atom. The number of nitrogens with two attached hydrogens (primary N) is 1. The second-order valence-electron chi connectivity index (χ2n) is 15.4. The number of hydrogen-bond acceptors (Lipinski definition) is 11. The normalized spacial score (nSPS) is 25.2. The Bertz CT molecular complexity index is 1960. The molecule has 6 N–H and O–H groups in total. The Labute approximate surface area is 332 Å². The number of carboxylic acid groups (broad SMARTS) is 1. The molecule has 1 saturated heterocycles. The quantitative estimate of drug-likeness (QED) is 0.136. The molecule has 2 aromatic rings. The maximum atomic E-state index is 14.0. The summed E-state index contributed by atoms with van der Waals surface area (Å²) in [5.41, 5.74) is 6.05. The third kappa shape index (κ3) is 10.9. The van der Waals surface area contributed by atoms with E-state index in [0.29, 0.717) is 56.6 Å². The summed E-state index contributed by atoms with van der Waals surface area (Å²) >= 11 is 0. The molecule has 3 fully saturated rings. The number of sulfonamides is 1. The molecule has 4 aliphatic rings. The van der Waals surface area contributed by atoms with Crippen LogP contribution in [0.4, 0.5) is 4.79 Å². The molecule has 16 nitrogen and oxygen atoms in total. The van der Waals surface area contributed by atoms with Crippen LogP contribution < -0.4 is 25.8 Å². The number of ether oxygens (including phenoxy) is 2. The van der Waals surface area contributed by atoms with Crippen molar-refractivity contribution in [2.45, 2.75) is 112 Å². The van der Waals surface area contributed by atoms with Gasteiger partial charge in [-0.15, -0.1) is 0 Å². The molecule has 57 heavy (non-hydrogen) atoms. The van der Waals surface area contributed by atoms with Crippen LogP contribution in [0.25, 0.3) is 11.3 Å². The van der Waals surface area contributed by atoms with Crippen LogP contribution in [-0.4, -0.2) is 102 Å². The molecule has 308 valence electrons. The number of nitrogens with one attached hydrogen (secondary N) is 3. The van der Waals surface area contributed by atoms with Gasteiger partial charge in [0.05, 0.1) is 24.2 Å². The average molecular weight is 809 g/mol. The van der Waals surface area contributed by atoms with E-state index in [2.05, 4.69) is 20.3 Å². The van der Waals surface area contributed by atoms with Crippen LogP contribution in [-0.2, 0) is 29.1 Å². The van der Waals surface area contributed by atoms with Gasteiger partial charge in [-0.25, -0.2) is 23.0 Å². The van der Waals surface area contributed by atoms with E-state index in [1.165, 1.54) is 11.0 Å². The van der Waals surface area contributed by atoms with E-state index < -0.39 is 74.6 Å². The number of aromatic nitrogens is 1. The Kier molecular flexibility index (Phi) is 13.5. The second-order valence-corrected chi connectivity index (χ2v) is 17.3. The summed E-state index contributed by atoms with van der Waals surface area (Å²) in [4.78, 5) is 71.0. The van der Waals surface area contributed by atoms with Gasteiger partial charge in [0.25, 0.3) is 5.91 Å². The molecule has 0 bridgehead atoms. The van der Waals surface area contributed by atoms with Gasteiger partial charge in [0.15, 0.2) is 0 Å². The van der Waals surface area contributed by atoms with Crippen molar-refractivity contribution in [2.75, 3.05) is 19.8 Å². The molecule has 0 unspecified atom stereocenters. The van der Waals surface area contributed by atoms with Crippen LogP contribution in [0.5, 0.6) is 5.75 Å². The molecule has 2 aliphatic carbocycles. The smallest absolute Gasteiger partial charge is 0.407 e. The molecule has 1 aromatic carbocycles. The van der Waals surface area contributed by atoms with Gasteiger partial charge < -0.3 is 35.8 Å². The molecule has 5 atom stereocenters. The third-order valence-electron chi connectivity index (χ3n) is 10.8. The zero-order chi connectivity index (χ0) is 40.6. The summed E-state index contributed by atoms with van der Waals surface area (Å²) in [5, 5.41) is 14.2. The van der Waals surface area contributed by atoms with Gasteiger partial charge in [0.1, 0.15) is 29.1 Å².